The van der Waals surface area contributed by atoms with E-state index in [4.69, 9.17) is 0 Å². The summed E-state index contributed by atoms with van der Waals surface area (Å²) in [6, 6.07) is 2.07. The van der Waals surface area contributed by atoms with E-state index in [1.54, 1.807) is 17.7 Å². The molecule has 2 heterocycles. The van der Waals surface area contributed by atoms with Crippen LogP contribution < -0.4 is 5.32 Å². The molecule has 0 radical (unpaired) electrons. The van der Waals surface area contributed by atoms with Crippen molar-refractivity contribution in [1.29, 1.82) is 0 Å². The number of aromatic nitrogens is 2. The van der Waals surface area contributed by atoms with Crippen molar-refractivity contribution in [2.75, 3.05) is 0 Å². The Morgan fingerprint density at radius 2 is 2.43 bits per heavy atom. The number of thiophene rings is 1. The first-order valence-electron chi connectivity index (χ1n) is 4.26. The van der Waals surface area contributed by atoms with Gasteiger partial charge in [-0.1, -0.05) is 0 Å². The average molecular weight is 272 g/mol. The molecule has 0 unspecified atom stereocenters. The molecule has 0 aliphatic rings. The van der Waals surface area contributed by atoms with Crippen molar-refractivity contribution >= 4 is 27.3 Å². The molecule has 74 valence electrons. The number of aromatic amines is 1. The molecule has 0 aliphatic heterocycles. The highest BCUT2D eigenvalue weighted by molar-refractivity contribution is 9.10. The van der Waals surface area contributed by atoms with Gasteiger partial charge in [-0.25, -0.2) is 4.98 Å². The summed E-state index contributed by atoms with van der Waals surface area (Å²) in [6.07, 6.45) is 3.52. The molecule has 0 saturated heterocycles. The Hall–Kier alpha value is -0.650. The van der Waals surface area contributed by atoms with Gasteiger partial charge in [0.15, 0.2) is 0 Å². The number of imidazole rings is 1. The summed E-state index contributed by atoms with van der Waals surface area (Å²) in [5.74, 6) is 0. The first-order chi connectivity index (χ1) is 6.86. The Kier molecular flexibility index (Phi) is 3.34. The third-order valence-electron chi connectivity index (χ3n) is 1.85. The number of nitrogens with one attached hydrogen (secondary N) is 2. The largest absolute Gasteiger partial charge is 0.347 e. The van der Waals surface area contributed by atoms with Crippen molar-refractivity contribution in [3.8, 4) is 0 Å². The van der Waals surface area contributed by atoms with Crippen molar-refractivity contribution in [2.45, 2.75) is 13.1 Å². The summed E-state index contributed by atoms with van der Waals surface area (Å²) >= 11 is 5.25. The maximum atomic E-state index is 3.95. The van der Waals surface area contributed by atoms with Crippen LogP contribution in [0.2, 0.25) is 0 Å². The summed E-state index contributed by atoms with van der Waals surface area (Å²) in [7, 11) is 0. The van der Waals surface area contributed by atoms with Gasteiger partial charge in [-0.05, 0) is 27.4 Å². The Labute approximate surface area is 94.7 Å². The van der Waals surface area contributed by atoms with Crippen LogP contribution in [0.3, 0.4) is 0 Å². The lowest BCUT2D eigenvalue weighted by atomic mass is 10.4. The maximum absolute atomic E-state index is 3.95. The third-order valence-corrected chi connectivity index (χ3v) is 3.77. The number of nitrogens with zero attached hydrogens (tertiary/aromatic N) is 1. The highest BCUT2D eigenvalue weighted by Gasteiger charge is 2.00. The maximum Gasteiger partial charge on any atom is 0.0922 e. The smallest absolute Gasteiger partial charge is 0.0922 e. The van der Waals surface area contributed by atoms with E-state index < -0.39 is 0 Å². The summed E-state index contributed by atoms with van der Waals surface area (Å²) in [5.41, 5.74) is 1.11. The van der Waals surface area contributed by atoms with Gasteiger partial charge in [0.2, 0.25) is 0 Å². The lowest BCUT2D eigenvalue weighted by molar-refractivity contribution is 0.688. The SMILES string of the molecule is Brc1ccsc1CNCc1cnc[nH]1. The summed E-state index contributed by atoms with van der Waals surface area (Å²) in [5, 5.41) is 5.42. The number of halogens is 1. The zero-order chi connectivity index (χ0) is 9.80. The lowest BCUT2D eigenvalue weighted by Gasteiger charge is -2.01. The number of hydrogen-bond donors (Lipinski definition) is 2. The van der Waals surface area contributed by atoms with Crippen molar-refractivity contribution < 1.29 is 0 Å². The van der Waals surface area contributed by atoms with Crippen LogP contribution in [0.1, 0.15) is 10.6 Å². The molecule has 0 fully saturated rings. The fourth-order valence-electron chi connectivity index (χ4n) is 1.14. The fourth-order valence-corrected chi connectivity index (χ4v) is 2.61. The van der Waals surface area contributed by atoms with E-state index in [2.05, 4.69) is 42.7 Å². The Bertz CT molecular complexity index is 382. The molecule has 2 aromatic rings. The van der Waals surface area contributed by atoms with Gasteiger partial charge in [0.05, 0.1) is 6.33 Å². The van der Waals surface area contributed by atoms with Gasteiger partial charge in [-0.15, -0.1) is 11.3 Å². The molecule has 0 bridgehead atoms. The second-order valence-electron chi connectivity index (χ2n) is 2.87. The second kappa shape index (κ2) is 4.72. The van der Waals surface area contributed by atoms with Crippen molar-refractivity contribution in [3.63, 3.8) is 0 Å². The molecule has 0 atom stereocenters. The van der Waals surface area contributed by atoms with Crippen LogP contribution in [0.4, 0.5) is 0 Å². The molecule has 0 aromatic carbocycles. The van der Waals surface area contributed by atoms with Gasteiger partial charge in [0.25, 0.3) is 0 Å². The van der Waals surface area contributed by atoms with E-state index in [-0.39, 0.29) is 0 Å². The lowest BCUT2D eigenvalue weighted by Crippen LogP contribution is -2.12. The van der Waals surface area contributed by atoms with Crippen LogP contribution in [-0.2, 0) is 13.1 Å². The van der Waals surface area contributed by atoms with Crippen molar-refractivity contribution in [3.05, 3.63) is 39.0 Å². The summed E-state index contributed by atoms with van der Waals surface area (Å²) < 4.78 is 1.18. The molecule has 0 saturated carbocycles. The first-order valence-corrected chi connectivity index (χ1v) is 5.93. The summed E-state index contributed by atoms with van der Waals surface area (Å²) in [6.45, 7) is 1.71. The minimum absolute atomic E-state index is 0.824. The molecule has 3 nitrogen and oxygen atoms in total. The zero-order valence-electron chi connectivity index (χ0n) is 7.46. The Morgan fingerprint density at radius 3 is 3.07 bits per heavy atom. The van der Waals surface area contributed by atoms with Gasteiger partial charge in [0.1, 0.15) is 0 Å². The first kappa shape index (κ1) is 9.89. The third kappa shape index (κ3) is 2.43. The predicted octanol–water partition coefficient (Wildman–Crippen LogP) is 2.52. The number of H-pyrrole nitrogens is 1. The monoisotopic (exact) mass is 271 g/mol. The van der Waals surface area contributed by atoms with Crippen molar-refractivity contribution in [1.82, 2.24) is 15.3 Å². The average Bonchev–Trinajstić information content (AvgIpc) is 2.78. The van der Waals surface area contributed by atoms with E-state index >= 15 is 0 Å². The van der Waals surface area contributed by atoms with Gasteiger partial charge in [0, 0.05) is 34.3 Å². The van der Waals surface area contributed by atoms with E-state index in [1.165, 1.54) is 9.35 Å². The Balaban J connectivity index is 1.81. The molecule has 5 heteroatoms. The molecular formula is C9H10BrN3S. The van der Waals surface area contributed by atoms with Crippen LogP contribution in [0, 0.1) is 0 Å². The zero-order valence-corrected chi connectivity index (χ0v) is 9.86. The van der Waals surface area contributed by atoms with Crippen LogP contribution >= 0.6 is 27.3 Å². The summed E-state index contributed by atoms with van der Waals surface area (Å²) in [4.78, 5) is 8.33. The Morgan fingerprint density at radius 1 is 1.50 bits per heavy atom. The highest BCUT2D eigenvalue weighted by atomic mass is 79.9. The predicted molar refractivity (Wildman–Crippen MR) is 61.2 cm³/mol. The van der Waals surface area contributed by atoms with E-state index in [9.17, 15) is 0 Å². The quantitative estimate of drug-likeness (QED) is 0.897. The minimum atomic E-state index is 0.824. The van der Waals surface area contributed by atoms with Gasteiger partial charge in [-0.2, -0.15) is 0 Å². The van der Waals surface area contributed by atoms with Crippen LogP contribution in [-0.4, -0.2) is 9.97 Å². The molecular weight excluding hydrogens is 262 g/mol. The molecule has 2 rings (SSSR count). The number of rotatable bonds is 4. The molecule has 2 aromatic heterocycles. The van der Waals surface area contributed by atoms with Crippen LogP contribution in [0.25, 0.3) is 0 Å². The van der Waals surface area contributed by atoms with Crippen molar-refractivity contribution in [2.24, 2.45) is 0 Å². The molecule has 0 aliphatic carbocycles. The molecule has 0 spiro atoms. The van der Waals surface area contributed by atoms with Gasteiger partial charge in [-0.3, -0.25) is 0 Å². The van der Waals surface area contributed by atoms with Crippen LogP contribution in [0.5, 0.6) is 0 Å². The van der Waals surface area contributed by atoms with Gasteiger partial charge >= 0.3 is 0 Å². The van der Waals surface area contributed by atoms with E-state index in [0.717, 1.165) is 18.8 Å². The van der Waals surface area contributed by atoms with Gasteiger partial charge < -0.3 is 10.3 Å². The van der Waals surface area contributed by atoms with E-state index in [0.29, 0.717) is 0 Å². The number of hydrogen-bond acceptors (Lipinski definition) is 3. The van der Waals surface area contributed by atoms with Crippen LogP contribution in [0.15, 0.2) is 28.4 Å². The minimum Gasteiger partial charge on any atom is -0.347 e. The standard InChI is InChI=1S/C9H10BrN3S/c10-8-1-2-14-9(8)5-11-3-7-4-12-6-13-7/h1-2,4,6,11H,3,5H2,(H,12,13). The highest BCUT2D eigenvalue weighted by Crippen LogP contribution is 2.22. The normalized spacial score (nSPS) is 10.6. The molecule has 2 N–H and O–H groups in total. The van der Waals surface area contributed by atoms with E-state index in [1.807, 2.05) is 6.20 Å². The fraction of sp³-hybridized carbons (Fsp3) is 0.222. The molecule has 14 heavy (non-hydrogen) atoms. The molecule has 0 amide bonds. The second-order valence-corrected chi connectivity index (χ2v) is 4.73. The topological polar surface area (TPSA) is 40.7 Å².